The zero-order chi connectivity index (χ0) is 15.2. The summed E-state index contributed by atoms with van der Waals surface area (Å²) in [7, 11) is 0. The van der Waals surface area contributed by atoms with Crippen LogP contribution >= 0.6 is 0 Å². The molecule has 1 saturated heterocycles. The zero-order valence-electron chi connectivity index (χ0n) is 12.5. The standard InChI is InChI=1S/C14H26O7/c15-14(16)13-1-3-17-5-7-19-9-11-21-12-10-20-8-6-18-4-2-13/h13H,1-12H2,(H,15,16). The topological polar surface area (TPSA) is 83.5 Å². The molecule has 7 heteroatoms. The lowest BCUT2D eigenvalue weighted by atomic mass is 10.0. The maximum Gasteiger partial charge on any atom is 0.306 e. The summed E-state index contributed by atoms with van der Waals surface area (Å²) in [4.78, 5) is 11.1. The molecule has 1 heterocycles. The molecule has 0 aliphatic carbocycles. The van der Waals surface area contributed by atoms with Crippen molar-refractivity contribution in [3.63, 3.8) is 0 Å². The van der Waals surface area contributed by atoms with Crippen molar-refractivity contribution in [2.45, 2.75) is 12.8 Å². The summed E-state index contributed by atoms with van der Waals surface area (Å²) < 4.78 is 26.7. The predicted octanol–water partition coefficient (Wildman–Crippen LogP) is 0.564. The van der Waals surface area contributed by atoms with E-state index in [0.29, 0.717) is 78.9 Å². The van der Waals surface area contributed by atoms with E-state index < -0.39 is 11.9 Å². The highest BCUT2D eigenvalue weighted by molar-refractivity contribution is 5.69. The largest absolute Gasteiger partial charge is 0.481 e. The van der Waals surface area contributed by atoms with Gasteiger partial charge in [-0.1, -0.05) is 0 Å². The fourth-order valence-electron chi connectivity index (χ4n) is 1.82. The zero-order valence-corrected chi connectivity index (χ0v) is 12.5. The van der Waals surface area contributed by atoms with Gasteiger partial charge < -0.3 is 28.8 Å². The molecule has 1 N–H and O–H groups in total. The van der Waals surface area contributed by atoms with Crippen LogP contribution in [0.3, 0.4) is 0 Å². The average Bonchev–Trinajstić information content (AvgIpc) is 2.47. The Hall–Kier alpha value is -0.730. The van der Waals surface area contributed by atoms with Gasteiger partial charge in [0.15, 0.2) is 0 Å². The summed E-state index contributed by atoms with van der Waals surface area (Å²) in [5, 5.41) is 9.12. The van der Waals surface area contributed by atoms with Crippen molar-refractivity contribution < 1.29 is 33.6 Å². The Kier molecular flexibility index (Phi) is 11.3. The van der Waals surface area contributed by atoms with Crippen LogP contribution in [0, 0.1) is 5.92 Å². The Bertz CT molecular complexity index is 242. The molecule has 124 valence electrons. The van der Waals surface area contributed by atoms with Crippen molar-refractivity contribution in [1.29, 1.82) is 0 Å². The van der Waals surface area contributed by atoms with Crippen LogP contribution in [0.15, 0.2) is 0 Å². The number of ether oxygens (including phenoxy) is 5. The van der Waals surface area contributed by atoms with E-state index in [1.54, 1.807) is 0 Å². The first-order chi connectivity index (χ1) is 10.3. The van der Waals surface area contributed by atoms with Crippen LogP contribution < -0.4 is 0 Å². The van der Waals surface area contributed by atoms with Gasteiger partial charge in [-0.15, -0.1) is 0 Å². The maximum atomic E-state index is 11.1. The van der Waals surface area contributed by atoms with Gasteiger partial charge in [0.05, 0.1) is 58.8 Å². The second-order valence-electron chi connectivity index (χ2n) is 4.67. The van der Waals surface area contributed by atoms with Gasteiger partial charge in [-0.3, -0.25) is 4.79 Å². The van der Waals surface area contributed by atoms with E-state index in [0.717, 1.165) is 0 Å². The Morgan fingerprint density at radius 1 is 0.619 bits per heavy atom. The highest BCUT2D eigenvalue weighted by Crippen LogP contribution is 2.09. The molecule has 0 unspecified atom stereocenters. The molecule has 21 heavy (non-hydrogen) atoms. The van der Waals surface area contributed by atoms with Crippen molar-refractivity contribution in [3.8, 4) is 0 Å². The number of carbonyl (C=O) groups is 1. The highest BCUT2D eigenvalue weighted by atomic mass is 16.6. The molecule has 0 aromatic carbocycles. The van der Waals surface area contributed by atoms with Crippen LogP contribution in [0.2, 0.25) is 0 Å². The van der Waals surface area contributed by atoms with Gasteiger partial charge >= 0.3 is 5.97 Å². The van der Waals surface area contributed by atoms with Crippen molar-refractivity contribution in [1.82, 2.24) is 0 Å². The first kappa shape index (κ1) is 18.3. The molecule has 0 atom stereocenters. The summed E-state index contributed by atoms with van der Waals surface area (Å²) in [6.45, 7) is 4.83. The van der Waals surface area contributed by atoms with Crippen molar-refractivity contribution in [2.75, 3.05) is 66.1 Å². The molecule has 7 nitrogen and oxygen atoms in total. The second kappa shape index (κ2) is 13.0. The first-order valence-corrected chi connectivity index (χ1v) is 7.42. The fraction of sp³-hybridized carbons (Fsp3) is 0.929. The molecule has 1 rings (SSSR count). The van der Waals surface area contributed by atoms with Crippen LogP contribution in [-0.2, 0) is 28.5 Å². The molecule has 1 aliphatic heterocycles. The SMILES string of the molecule is O=C(O)C1CCOCCOCCOCCOCCOCC1. The molecule has 0 bridgehead atoms. The smallest absolute Gasteiger partial charge is 0.306 e. The van der Waals surface area contributed by atoms with Gasteiger partial charge in [0.25, 0.3) is 0 Å². The normalized spacial score (nSPS) is 23.0. The quantitative estimate of drug-likeness (QED) is 0.758. The van der Waals surface area contributed by atoms with Gasteiger partial charge in [0, 0.05) is 13.2 Å². The fourth-order valence-corrected chi connectivity index (χ4v) is 1.82. The average molecular weight is 306 g/mol. The summed E-state index contributed by atoms with van der Waals surface area (Å²) in [5.74, 6) is -1.24. The number of aliphatic carboxylic acids is 1. The van der Waals surface area contributed by atoms with Crippen LogP contribution in [-0.4, -0.2) is 77.1 Å². The van der Waals surface area contributed by atoms with E-state index in [-0.39, 0.29) is 0 Å². The third kappa shape index (κ3) is 10.6. The van der Waals surface area contributed by atoms with Gasteiger partial charge in [-0.2, -0.15) is 0 Å². The minimum atomic E-state index is -0.804. The molecule has 0 aromatic heterocycles. The van der Waals surface area contributed by atoms with Crippen molar-refractivity contribution in [2.24, 2.45) is 5.92 Å². The summed E-state index contributed by atoms with van der Waals surface area (Å²) in [6, 6.07) is 0. The number of carboxylic acids is 1. The number of carboxylic acid groups (broad SMARTS) is 1. The molecule has 0 amide bonds. The number of hydrogen-bond donors (Lipinski definition) is 1. The number of hydrogen-bond acceptors (Lipinski definition) is 6. The molecule has 1 aliphatic rings. The summed E-state index contributed by atoms with van der Waals surface area (Å²) in [6.07, 6.45) is 0.969. The van der Waals surface area contributed by atoms with Gasteiger partial charge in [0.1, 0.15) is 0 Å². The highest BCUT2D eigenvalue weighted by Gasteiger charge is 2.16. The lowest BCUT2D eigenvalue weighted by Crippen LogP contribution is -2.20. The van der Waals surface area contributed by atoms with Gasteiger partial charge in [-0.05, 0) is 12.8 Å². The molecular weight excluding hydrogens is 280 g/mol. The lowest BCUT2D eigenvalue weighted by Gasteiger charge is -2.13. The Labute approximate surface area is 125 Å². The van der Waals surface area contributed by atoms with Crippen LogP contribution in [0.1, 0.15) is 12.8 Å². The molecule has 0 saturated carbocycles. The van der Waals surface area contributed by atoms with E-state index in [1.807, 2.05) is 0 Å². The minimum absolute atomic E-state index is 0.417. The van der Waals surface area contributed by atoms with E-state index in [9.17, 15) is 4.79 Å². The van der Waals surface area contributed by atoms with Gasteiger partial charge in [0.2, 0.25) is 0 Å². The van der Waals surface area contributed by atoms with Crippen LogP contribution in [0.25, 0.3) is 0 Å². The van der Waals surface area contributed by atoms with Crippen LogP contribution in [0.4, 0.5) is 0 Å². The van der Waals surface area contributed by atoms with E-state index >= 15 is 0 Å². The third-order valence-electron chi connectivity index (χ3n) is 3.06. The van der Waals surface area contributed by atoms with Crippen molar-refractivity contribution >= 4 is 5.97 Å². The molecule has 0 spiro atoms. The lowest BCUT2D eigenvalue weighted by molar-refractivity contribution is -0.143. The third-order valence-corrected chi connectivity index (χ3v) is 3.06. The Balaban J connectivity index is 2.23. The monoisotopic (exact) mass is 306 g/mol. The molecule has 0 radical (unpaired) electrons. The van der Waals surface area contributed by atoms with E-state index in [4.69, 9.17) is 28.8 Å². The maximum absolute atomic E-state index is 11.1. The predicted molar refractivity (Wildman–Crippen MR) is 74.5 cm³/mol. The molecular formula is C14H26O7. The molecule has 0 aromatic rings. The second-order valence-corrected chi connectivity index (χ2v) is 4.67. The minimum Gasteiger partial charge on any atom is -0.481 e. The van der Waals surface area contributed by atoms with Crippen molar-refractivity contribution in [3.05, 3.63) is 0 Å². The van der Waals surface area contributed by atoms with Crippen LogP contribution in [0.5, 0.6) is 0 Å². The number of rotatable bonds is 1. The summed E-state index contributed by atoms with van der Waals surface area (Å²) >= 11 is 0. The Morgan fingerprint density at radius 3 is 1.19 bits per heavy atom. The summed E-state index contributed by atoms with van der Waals surface area (Å²) in [5.41, 5.74) is 0. The molecule has 1 fully saturated rings. The van der Waals surface area contributed by atoms with Gasteiger partial charge in [-0.25, -0.2) is 0 Å². The van der Waals surface area contributed by atoms with E-state index in [2.05, 4.69) is 0 Å². The van der Waals surface area contributed by atoms with E-state index in [1.165, 1.54) is 0 Å². The Morgan fingerprint density at radius 2 is 0.905 bits per heavy atom. The first-order valence-electron chi connectivity index (χ1n) is 7.42.